The second-order valence-corrected chi connectivity index (χ2v) is 5.07. The summed E-state index contributed by atoms with van der Waals surface area (Å²) in [5, 5.41) is 2.17. The second-order valence-electron chi connectivity index (χ2n) is 5.07. The lowest BCUT2D eigenvalue weighted by molar-refractivity contribution is 0.0602. The zero-order valence-corrected chi connectivity index (χ0v) is 12.1. The number of ether oxygens (including phenoxy) is 1. The van der Waals surface area contributed by atoms with E-state index in [1.54, 1.807) is 0 Å². The molecule has 3 aromatic carbocycles. The molecule has 0 atom stereocenters. The van der Waals surface area contributed by atoms with Crippen molar-refractivity contribution in [3.8, 4) is 11.1 Å². The topological polar surface area (TPSA) is 26.3 Å². The molecule has 3 aromatic rings. The smallest absolute Gasteiger partial charge is 0.338 e. The fraction of sp³-hybridized carbons (Fsp3) is 0.105. The van der Waals surface area contributed by atoms with Gasteiger partial charge in [0.25, 0.3) is 0 Å². The number of hydrogen-bond acceptors (Lipinski definition) is 2. The lowest BCUT2D eigenvalue weighted by Crippen LogP contribution is -2.04. The highest BCUT2D eigenvalue weighted by Gasteiger charge is 2.16. The van der Waals surface area contributed by atoms with Gasteiger partial charge in [-0.1, -0.05) is 60.2 Å². The van der Waals surface area contributed by atoms with Crippen LogP contribution in [0.3, 0.4) is 0 Å². The first kappa shape index (κ1) is 13.4. The van der Waals surface area contributed by atoms with Crippen LogP contribution in [0.5, 0.6) is 0 Å². The largest absolute Gasteiger partial charge is 0.465 e. The summed E-state index contributed by atoms with van der Waals surface area (Å²) in [6.07, 6.45) is 0. The van der Waals surface area contributed by atoms with Crippen LogP contribution in [0.2, 0.25) is 0 Å². The molecule has 0 fully saturated rings. The van der Waals surface area contributed by atoms with Gasteiger partial charge >= 0.3 is 5.97 Å². The maximum Gasteiger partial charge on any atom is 0.338 e. The van der Waals surface area contributed by atoms with E-state index in [0.29, 0.717) is 5.56 Å². The molecule has 0 spiro atoms. The first-order chi connectivity index (χ1) is 10.2. The summed E-state index contributed by atoms with van der Waals surface area (Å²) < 4.78 is 4.93. The van der Waals surface area contributed by atoms with Crippen molar-refractivity contribution >= 4 is 16.7 Å². The van der Waals surface area contributed by atoms with Crippen LogP contribution in [0.15, 0.2) is 60.7 Å². The third-order valence-corrected chi connectivity index (χ3v) is 3.67. The van der Waals surface area contributed by atoms with Gasteiger partial charge in [0.1, 0.15) is 0 Å². The standard InChI is InChI=1S/C19H16O2/c1-13-7-9-15(10-8-13)18-16-6-4-3-5-14(16)11-12-17(18)19(20)21-2/h3-12H,1-2H3. The Labute approximate surface area is 124 Å². The van der Waals surface area contributed by atoms with Gasteiger partial charge in [-0.25, -0.2) is 4.79 Å². The van der Waals surface area contributed by atoms with Crippen LogP contribution in [0.4, 0.5) is 0 Å². The number of fused-ring (bicyclic) bond motifs is 1. The molecule has 21 heavy (non-hydrogen) atoms. The number of methoxy groups -OCH3 is 1. The minimum atomic E-state index is -0.309. The number of rotatable bonds is 2. The molecule has 0 aliphatic rings. The Balaban J connectivity index is 2.35. The number of esters is 1. The van der Waals surface area contributed by atoms with Crippen LogP contribution in [-0.2, 0) is 4.74 Å². The number of carbonyl (C=O) groups excluding carboxylic acids is 1. The molecule has 0 aliphatic carbocycles. The fourth-order valence-electron chi connectivity index (χ4n) is 2.58. The van der Waals surface area contributed by atoms with Crippen LogP contribution < -0.4 is 0 Å². The summed E-state index contributed by atoms with van der Waals surface area (Å²) in [7, 11) is 1.41. The highest BCUT2D eigenvalue weighted by atomic mass is 16.5. The van der Waals surface area contributed by atoms with Gasteiger partial charge < -0.3 is 4.74 Å². The van der Waals surface area contributed by atoms with Crippen LogP contribution in [0.25, 0.3) is 21.9 Å². The quantitative estimate of drug-likeness (QED) is 0.639. The summed E-state index contributed by atoms with van der Waals surface area (Å²) in [6, 6.07) is 20.1. The molecule has 0 N–H and O–H groups in total. The van der Waals surface area contributed by atoms with Crippen molar-refractivity contribution in [3.63, 3.8) is 0 Å². The van der Waals surface area contributed by atoms with Crippen molar-refractivity contribution in [2.24, 2.45) is 0 Å². The number of hydrogen-bond donors (Lipinski definition) is 0. The van der Waals surface area contributed by atoms with E-state index in [4.69, 9.17) is 4.74 Å². The summed E-state index contributed by atoms with van der Waals surface area (Å²) in [5.41, 5.74) is 3.75. The SMILES string of the molecule is COC(=O)c1ccc2ccccc2c1-c1ccc(C)cc1. The lowest BCUT2D eigenvalue weighted by Gasteiger charge is -2.12. The van der Waals surface area contributed by atoms with E-state index in [-0.39, 0.29) is 5.97 Å². The maximum atomic E-state index is 12.1. The Morgan fingerprint density at radius 3 is 2.33 bits per heavy atom. The first-order valence-corrected chi connectivity index (χ1v) is 6.88. The zero-order chi connectivity index (χ0) is 14.8. The molecule has 2 heteroatoms. The van der Waals surface area contributed by atoms with E-state index < -0.39 is 0 Å². The molecule has 0 radical (unpaired) electrons. The van der Waals surface area contributed by atoms with Gasteiger partial charge in [0, 0.05) is 5.56 Å². The van der Waals surface area contributed by atoms with E-state index in [1.165, 1.54) is 12.7 Å². The van der Waals surface area contributed by atoms with Crippen molar-refractivity contribution in [1.82, 2.24) is 0 Å². The van der Waals surface area contributed by atoms with Crippen LogP contribution in [0, 0.1) is 6.92 Å². The highest BCUT2D eigenvalue weighted by Crippen LogP contribution is 2.32. The van der Waals surface area contributed by atoms with E-state index in [1.807, 2.05) is 55.5 Å². The maximum absolute atomic E-state index is 12.1. The highest BCUT2D eigenvalue weighted by molar-refractivity contribution is 6.08. The van der Waals surface area contributed by atoms with Gasteiger partial charge in [0.05, 0.1) is 12.7 Å². The molecule has 0 saturated heterocycles. The van der Waals surface area contributed by atoms with Gasteiger partial charge in [0.15, 0.2) is 0 Å². The third kappa shape index (κ3) is 2.40. The van der Waals surface area contributed by atoms with Crippen molar-refractivity contribution in [2.75, 3.05) is 7.11 Å². The summed E-state index contributed by atoms with van der Waals surface area (Å²) >= 11 is 0. The molecular formula is C19H16O2. The normalized spacial score (nSPS) is 10.6. The molecule has 104 valence electrons. The van der Waals surface area contributed by atoms with E-state index in [9.17, 15) is 4.79 Å². The van der Waals surface area contributed by atoms with Crippen LogP contribution in [0.1, 0.15) is 15.9 Å². The Morgan fingerprint density at radius 2 is 1.62 bits per heavy atom. The Kier molecular flexibility index (Phi) is 3.44. The minimum absolute atomic E-state index is 0.309. The third-order valence-electron chi connectivity index (χ3n) is 3.67. The Hall–Kier alpha value is -2.61. The van der Waals surface area contributed by atoms with Gasteiger partial charge in [-0.3, -0.25) is 0 Å². The van der Waals surface area contributed by atoms with Crippen molar-refractivity contribution in [1.29, 1.82) is 0 Å². The molecule has 0 amide bonds. The van der Waals surface area contributed by atoms with Crippen molar-refractivity contribution in [2.45, 2.75) is 6.92 Å². The molecule has 3 rings (SSSR count). The van der Waals surface area contributed by atoms with Crippen LogP contribution >= 0.6 is 0 Å². The van der Waals surface area contributed by atoms with Gasteiger partial charge in [0.2, 0.25) is 0 Å². The average Bonchev–Trinajstić information content (AvgIpc) is 2.54. The van der Waals surface area contributed by atoms with Crippen LogP contribution in [-0.4, -0.2) is 13.1 Å². The van der Waals surface area contributed by atoms with E-state index in [2.05, 4.69) is 12.1 Å². The predicted molar refractivity (Wildman–Crippen MR) is 85.5 cm³/mol. The van der Waals surface area contributed by atoms with Gasteiger partial charge in [-0.2, -0.15) is 0 Å². The predicted octanol–water partition coefficient (Wildman–Crippen LogP) is 4.60. The molecule has 0 unspecified atom stereocenters. The average molecular weight is 276 g/mol. The Morgan fingerprint density at radius 1 is 0.905 bits per heavy atom. The summed E-state index contributed by atoms with van der Waals surface area (Å²) in [6.45, 7) is 2.05. The number of aryl methyl sites for hydroxylation is 1. The monoisotopic (exact) mass is 276 g/mol. The number of carbonyl (C=O) groups is 1. The van der Waals surface area contributed by atoms with Crippen molar-refractivity contribution in [3.05, 3.63) is 71.8 Å². The minimum Gasteiger partial charge on any atom is -0.465 e. The molecule has 2 nitrogen and oxygen atoms in total. The Bertz CT molecular complexity index is 801. The molecule has 0 saturated carbocycles. The van der Waals surface area contributed by atoms with E-state index in [0.717, 1.165) is 21.9 Å². The fourth-order valence-corrected chi connectivity index (χ4v) is 2.58. The number of benzene rings is 3. The first-order valence-electron chi connectivity index (χ1n) is 6.88. The molecule has 0 aliphatic heterocycles. The molecular weight excluding hydrogens is 260 g/mol. The summed E-state index contributed by atoms with van der Waals surface area (Å²) in [5.74, 6) is -0.309. The zero-order valence-electron chi connectivity index (χ0n) is 12.1. The van der Waals surface area contributed by atoms with Gasteiger partial charge in [-0.15, -0.1) is 0 Å². The van der Waals surface area contributed by atoms with Crippen molar-refractivity contribution < 1.29 is 9.53 Å². The second kappa shape index (κ2) is 5.41. The van der Waals surface area contributed by atoms with Gasteiger partial charge in [-0.05, 0) is 29.3 Å². The lowest BCUT2D eigenvalue weighted by atomic mass is 9.93. The molecule has 0 aromatic heterocycles. The molecule has 0 bridgehead atoms. The summed E-state index contributed by atoms with van der Waals surface area (Å²) in [4.78, 5) is 12.1. The molecule has 0 heterocycles. The van der Waals surface area contributed by atoms with E-state index >= 15 is 0 Å².